The van der Waals surface area contributed by atoms with Crippen molar-refractivity contribution >= 4 is 29.3 Å². The highest BCUT2D eigenvalue weighted by atomic mass is 16.5. The minimum atomic E-state index is -1.06. The van der Waals surface area contributed by atoms with Crippen LogP contribution in [-0.4, -0.2) is 36.7 Å². The van der Waals surface area contributed by atoms with Crippen molar-refractivity contribution in [1.29, 1.82) is 0 Å². The maximum absolute atomic E-state index is 11.4. The number of benzene rings is 1. The van der Waals surface area contributed by atoms with Gasteiger partial charge >= 0.3 is 17.9 Å². The van der Waals surface area contributed by atoms with Gasteiger partial charge in [0, 0.05) is 12.7 Å². The van der Waals surface area contributed by atoms with Crippen molar-refractivity contribution in [2.75, 3.05) is 24.3 Å². The van der Waals surface area contributed by atoms with Crippen molar-refractivity contribution < 1.29 is 24.2 Å². The second-order valence-corrected chi connectivity index (χ2v) is 3.61. The number of rotatable bonds is 3. The van der Waals surface area contributed by atoms with E-state index in [1.165, 1.54) is 25.2 Å². The van der Waals surface area contributed by atoms with Crippen LogP contribution in [0.4, 0.5) is 16.2 Å². The number of phenols is 1. The Morgan fingerprint density at radius 3 is 2.55 bits per heavy atom. The summed E-state index contributed by atoms with van der Waals surface area (Å²) in [5.74, 6) is -2.32. The van der Waals surface area contributed by atoms with E-state index in [0.717, 1.165) is 0 Å². The molecule has 0 saturated carbocycles. The van der Waals surface area contributed by atoms with Crippen LogP contribution in [-0.2, 0) is 14.3 Å². The molecule has 108 valence electrons. The first-order valence-electron chi connectivity index (χ1n) is 5.77. The summed E-state index contributed by atoms with van der Waals surface area (Å²) in [6.45, 7) is 1.63. The fraction of sp³-hybridized carbons (Fsp3) is 0.250. The van der Waals surface area contributed by atoms with E-state index in [0.29, 0.717) is 5.69 Å². The molecule has 0 heterocycles. The highest BCUT2D eigenvalue weighted by Crippen LogP contribution is 2.26. The lowest BCUT2D eigenvalue weighted by atomic mass is 10.2. The van der Waals surface area contributed by atoms with E-state index in [-0.39, 0.29) is 18.0 Å². The molecule has 1 aromatic rings. The molecule has 8 nitrogen and oxygen atoms in total. The number of nitrogens with one attached hydrogen (secondary N) is 3. The van der Waals surface area contributed by atoms with Gasteiger partial charge in [0.15, 0.2) is 0 Å². The Balaban J connectivity index is 2.83. The molecular formula is C12H15N3O5. The van der Waals surface area contributed by atoms with Crippen LogP contribution in [0.25, 0.3) is 0 Å². The van der Waals surface area contributed by atoms with Crippen LogP contribution < -0.4 is 16.0 Å². The van der Waals surface area contributed by atoms with Crippen LogP contribution in [0.1, 0.15) is 6.92 Å². The van der Waals surface area contributed by atoms with Crippen molar-refractivity contribution in [3.63, 3.8) is 0 Å². The van der Waals surface area contributed by atoms with E-state index in [4.69, 9.17) is 0 Å². The molecule has 1 aromatic carbocycles. The lowest BCUT2D eigenvalue weighted by Crippen LogP contribution is -2.26. The Labute approximate surface area is 115 Å². The largest absolute Gasteiger partial charge is 0.506 e. The normalized spacial score (nSPS) is 9.50. The zero-order valence-corrected chi connectivity index (χ0v) is 11.0. The van der Waals surface area contributed by atoms with Crippen molar-refractivity contribution in [3.8, 4) is 5.75 Å². The minimum Gasteiger partial charge on any atom is -0.506 e. The molecule has 0 aromatic heterocycles. The molecule has 0 radical (unpaired) electrons. The molecule has 0 bridgehead atoms. The second-order valence-electron chi connectivity index (χ2n) is 3.61. The summed E-state index contributed by atoms with van der Waals surface area (Å²) in [7, 11) is 1.44. The minimum absolute atomic E-state index is 0.0167. The summed E-state index contributed by atoms with van der Waals surface area (Å²) in [6, 6.07) is 3.55. The molecule has 8 heteroatoms. The van der Waals surface area contributed by atoms with Crippen LogP contribution in [0.15, 0.2) is 18.2 Å². The zero-order chi connectivity index (χ0) is 15.1. The lowest BCUT2D eigenvalue weighted by molar-refractivity contribution is -0.152. The SMILES string of the molecule is CCOC(=O)C(=O)Nc1cc(NC(=O)NC)ccc1O. The Morgan fingerprint density at radius 2 is 1.95 bits per heavy atom. The van der Waals surface area contributed by atoms with Crippen LogP contribution >= 0.6 is 0 Å². The van der Waals surface area contributed by atoms with E-state index in [1.807, 2.05) is 0 Å². The summed E-state index contributed by atoms with van der Waals surface area (Å²) >= 11 is 0. The van der Waals surface area contributed by atoms with Crippen molar-refractivity contribution in [1.82, 2.24) is 5.32 Å². The molecule has 0 saturated heterocycles. The Bertz CT molecular complexity index is 530. The molecule has 0 fully saturated rings. The molecule has 20 heavy (non-hydrogen) atoms. The summed E-state index contributed by atoms with van der Waals surface area (Å²) in [5.41, 5.74) is 0.318. The third kappa shape index (κ3) is 4.16. The number of urea groups is 1. The Morgan fingerprint density at radius 1 is 1.25 bits per heavy atom. The third-order valence-electron chi connectivity index (χ3n) is 2.19. The zero-order valence-electron chi connectivity index (χ0n) is 11.0. The molecular weight excluding hydrogens is 266 g/mol. The van der Waals surface area contributed by atoms with Crippen molar-refractivity contribution in [3.05, 3.63) is 18.2 Å². The average Bonchev–Trinajstić information content (AvgIpc) is 2.42. The summed E-state index contributed by atoms with van der Waals surface area (Å²) in [5, 5.41) is 16.6. The Hall–Kier alpha value is -2.77. The first-order valence-corrected chi connectivity index (χ1v) is 5.77. The molecule has 1 rings (SSSR count). The first-order chi connectivity index (χ1) is 9.47. The predicted octanol–water partition coefficient (Wildman–Crippen LogP) is 0.645. The number of aromatic hydroxyl groups is 1. The Kier molecular flexibility index (Phi) is 5.33. The molecule has 0 spiro atoms. The highest BCUT2D eigenvalue weighted by molar-refractivity contribution is 6.37. The smallest absolute Gasteiger partial charge is 0.397 e. The van der Waals surface area contributed by atoms with Gasteiger partial charge in [0.05, 0.1) is 12.3 Å². The van der Waals surface area contributed by atoms with E-state index in [2.05, 4.69) is 20.7 Å². The van der Waals surface area contributed by atoms with Gasteiger partial charge in [-0.15, -0.1) is 0 Å². The number of carbonyl (C=O) groups excluding carboxylic acids is 3. The van der Waals surface area contributed by atoms with Gasteiger partial charge in [0.2, 0.25) is 0 Å². The van der Waals surface area contributed by atoms with Gasteiger partial charge in [-0.05, 0) is 25.1 Å². The van der Waals surface area contributed by atoms with Gasteiger partial charge < -0.3 is 25.8 Å². The number of anilines is 2. The van der Waals surface area contributed by atoms with Crippen LogP contribution in [0.2, 0.25) is 0 Å². The van der Waals surface area contributed by atoms with Crippen molar-refractivity contribution in [2.24, 2.45) is 0 Å². The van der Waals surface area contributed by atoms with Crippen molar-refractivity contribution in [2.45, 2.75) is 6.92 Å². The molecule has 0 aliphatic heterocycles. The lowest BCUT2D eigenvalue weighted by Gasteiger charge is -2.10. The number of ether oxygens (including phenoxy) is 1. The molecule has 0 aliphatic rings. The van der Waals surface area contributed by atoms with E-state index in [9.17, 15) is 19.5 Å². The fourth-order valence-electron chi connectivity index (χ4n) is 1.28. The number of amides is 3. The number of hydrogen-bond acceptors (Lipinski definition) is 5. The fourth-order valence-corrected chi connectivity index (χ4v) is 1.28. The first kappa shape index (κ1) is 15.3. The van der Waals surface area contributed by atoms with Crippen LogP contribution in [0.5, 0.6) is 5.75 Å². The number of carbonyl (C=O) groups is 3. The number of esters is 1. The predicted molar refractivity (Wildman–Crippen MR) is 71.4 cm³/mol. The van der Waals surface area contributed by atoms with Gasteiger partial charge in [-0.2, -0.15) is 0 Å². The highest BCUT2D eigenvalue weighted by Gasteiger charge is 2.16. The third-order valence-corrected chi connectivity index (χ3v) is 2.19. The maximum atomic E-state index is 11.4. The van der Waals surface area contributed by atoms with Gasteiger partial charge in [0.25, 0.3) is 0 Å². The monoisotopic (exact) mass is 281 g/mol. The maximum Gasteiger partial charge on any atom is 0.397 e. The molecule has 0 atom stereocenters. The topological polar surface area (TPSA) is 117 Å². The molecule has 0 aliphatic carbocycles. The van der Waals surface area contributed by atoms with Crippen LogP contribution in [0, 0.1) is 0 Å². The summed E-state index contributed by atoms with van der Waals surface area (Å²) in [6.07, 6.45) is 0. The average molecular weight is 281 g/mol. The van der Waals surface area contributed by atoms with Crippen LogP contribution in [0.3, 0.4) is 0 Å². The quantitative estimate of drug-likeness (QED) is 0.281. The molecule has 0 unspecified atom stereocenters. The number of hydrogen-bond donors (Lipinski definition) is 4. The number of phenolic OH excluding ortho intramolecular Hbond substituents is 1. The summed E-state index contributed by atoms with van der Waals surface area (Å²) in [4.78, 5) is 33.8. The van der Waals surface area contributed by atoms with Gasteiger partial charge in [0.1, 0.15) is 5.75 Å². The van der Waals surface area contributed by atoms with Gasteiger partial charge in [-0.3, -0.25) is 4.79 Å². The van der Waals surface area contributed by atoms with E-state index < -0.39 is 17.9 Å². The van der Waals surface area contributed by atoms with Gasteiger partial charge in [-0.1, -0.05) is 0 Å². The molecule has 4 N–H and O–H groups in total. The van der Waals surface area contributed by atoms with E-state index >= 15 is 0 Å². The van der Waals surface area contributed by atoms with E-state index in [1.54, 1.807) is 6.92 Å². The second kappa shape index (κ2) is 6.98. The summed E-state index contributed by atoms with van der Waals surface area (Å²) < 4.78 is 4.52. The standard InChI is InChI=1S/C12H15N3O5/c1-3-20-11(18)10(17)15-8-6-7(4-5-9(8)16)14-12(19)13-2/h4-6,16H,3H2,1-2H3,(H,15,17)(H2,13,14,19). The van der Waals surface area contributed by atoms with Gasteiger partial charge in [-0.25, -0.2) is 9.59 Å². The molecule has 3 amide bonds.